The van der Waals surface area contributed by atoms with E-state index in [2.05, 4.69) is 0 Å². The average molecular weight is 330 g/mol. The number of non-ortho nitro benzene ring substituents is 2. The third kappa shape index (κ3) is 3.97. The largest absolute Gasteiger partial charge is 0.454 e. The Morgan fingerprint density at radius 2 is 1.42 bits per heavy atom. The molecule has 0 saturated heterocycles. The Morgan fingerprint density at radius 1 is 0.875 bits per heavy atom. The summed E-state index contributed by atoms with van der Waals surface area (Å²) in [6, 6.07) is 10.5. The Balaban J connectivity index is 2.16. The first-order valence-electron chi connectivity index (χ1n) is 6.57. The number of carbonyl (C=O) groups is 2. The van der Waals surface area contributed by atoms with Crippen LogP contribution in [0.5, 0.6) is 0 Å². The van der Waals surface area contributed by atoms with Crippen LogP contribution in [0.25, 0.3) is 0 Å². The molecule has 0 atom stereocenters. The van der Waals surface area contributed by atoms with Gasteiger partial charge >= 0.3 is 5.97 Å². The van der Waals surface area contributed by atoms with E-state index in [1.54, 1.807) is 18.2 Å². The maximum atomic E-state index is 11.9. The standard InChI is InChI=1S/C15H10N2O7/c18-14(10-4-2-1-3-5-10)9-24-15(19)11-6-12(16(20)21)8-13(7-11)17(22)23/h1-8H,9H2. The second kappa shape index (κ2) is 7.09. The highest BCUT2D eigenvalue weighted by Gasteiger charge is 2.21. The number of hydrogen-bond donors (Lipinski definition) is 0. The van der Waals surface area contributed by atoms with Crippen molar-refractivity contribution in [2.45, 2.75) is 0 Å². The van der Waals surface area contributed by atoms with E-state index in [9.17, 15) is 29.8 Å². The number of Topliss-reactive ketones (excluding diaryl/α,β-unsaturated/α-hetero) is 1. The molecule has 2 aromatic carbocycles. The minimum atomic E-state index is -1.06. The molecule has 9 heteroatoms. The predicted octanol–water partition coefficient (Wildman–Crippen LogP) is 2.54. The summed E-state index contributed by atoms with van der Waals surface area (Å²) >= 11 is 0. The van der Waals surface area contributed by atoms with Crippen LogP contribution in [0, 0.1) is 20.2 Å². The second-order valence-electron chi connectivity index (χ2n) is 4.62. The fourth-order valence-electron chi connectivity index (χ4n) is 1.85. The highest BCUT2D eigenvalue weighted by Crippen LogP contribution is 2.23. The quantitative estimate of drug-likeness (QED) is 0.344. The van der Waals surface area contributed by atoms with Crippen LogP contribution in [-0.2, 0) is 4.74 Å². The van der Waals surface area contributed by atoms with Gasteiger partial charge in [-0.15, -0.1) is 0 Å². The summed E-state index contributed by atoms with van der Waals surface area (Å²) in [7, 11) is 0. The Kier molecular flexibility index (Phi) is 4.95. The molecule has 0 saturated carbocycles. The Bertz CT molecular complexity index is 786. The van der Waals surface area contributed by atoms with Gasteiger partial charge in [-0.05, 0) is 0 Å². The second-order valence-corrected chi connectivity index (χ2v) is 4.62. The molecule has 0 aliphatic rings. The zero-order valence-electron chi connectivity index (χ0n) is 12.1. The van der Waals surface area contributed by atoms with E-state index in [4.69, 9.17) is 4.74 Å². The molecule has 0 unspecified atom stereocenters. The average Bonchev–Trinajstić information content (AvgIpc) is 2.59. The van der Waals surface area contributed by atoms with Gasteiger partial charge < -0.3 is 4.74 Å². The van der Waals surface area contributed by atoms with Crippen molar-refractivity contribution in [3.63, 3.8) is 0 Å². The molecule has 122 valence electrons. The lowest BCUT2D eigenvalue weighted by molar-refractivity contribution is -0.394. The first-order valence-corrected chi connectivity index (χ1v) is 6.57. The third-order valence-corrected chi connectivity index (χ3v) is 2.99. The summed E-state index contributed by atoms with van der Waals surface area (Å²) in [5.41, 5.74) is -1.29. The summed E-state index contributed by atoms with van der Waals surface area (Å²) in [5.74, 6) is -1.53. The number of carbonyl (C=O) groups excluding carboxylic acids is 2. The lowest BCUT2D eigenvalue weighted by Crippen LogP contribution is -2.14. The first kappa shape index (κ1) is 16.7. The van der Waals surface area contributed by atoms with Gasteiger partial charge in [0, 0.05) is 17.7 Å². The molecular weight excluding hydrogens is 320 g/mol. The molecule has 0 heterocycles. The van der Waals surface area contributed by atoms with E-state index in [0.717, 1.165) is 18.2 Å². The van der Waals surface area contributed by atoms with Crippen LogP contribution >= 0.6 is 0 Å². The fraction of sp³-hybridized carbons (Fsp3) is 0.0667. The van der Waals surface area contributed by atoms with E-state index in [-0.39, 0.29) is 5.56 Å². The number of ketones is 1. The summed E-state index contributed by atoms with van der Waals surface area (Å²) in [6.45, 7) is -0.584. The number of hydrogen-bond acceptors (Lipinski definition) is 7. The van der Waals surface area contributed by atoms with Crippen LogP contribution in [0.4, 0.5) is 11.4 Å². The number of esters is 1. The summed E-state index contributed by atoms with van der Waals surface area (Å²) in [6.07, 6.45) is 0. The van der Waals surface area contributed by atoms with Crippen LogP contribution in [0.2, 0.25) is 0 Å². The summed E-state index contributed by atoms with van der Waals surface area (Å²) < 4.78 is 4.78. The van der Waals surface area contributed by atoms with Gasteiger partial charge in [0.25, 0.3) is 11.4 Å². The van der Waals surface area contributed by atoms with Crippen molar-refractivity contribution >= 4 is 23.1 Å². The molecule has 0 N–H and O–H groups in total. The minimum Gasteiger partial charge on any atom is -0.454 e. The zero-order chi connectivity index (χ0) is 17.7. The van der Waals surface area contributed by atoms with Crippen molar-refractivity contribution in [2.24, 2.45) is 0 Å². The zero-order valence-corrected chi connectivity index (χ0v) is 12.1. The van der Waals surface area contributed by atoms with Crippen molar-refractivity contribution in [3.8, 4) is 0 Å². The third-order valence-electron chi connectivity index (χ3n) is 2.99. The van der Waals surface area contributed by atoms with Crippen molar-refractivity contribution in [1.82, 2.24) is 0 Å². The molecule has 2 rings (SSSR count). The van der Waals surface area contributed by atoms with Crippen molar-refractivity contribution < 1.29 is 24.2 Å². The monoisotopic (exact) mass is 330 g/mol. The van der Waals surface area contributed by atoms with Crippen molar-refractivity contribution in [3.05, 3.63) is 79.9 Å². The van der Waals surface area contributed by atoms with Crippen molar-refractivity contribution in [1.29, 1.82) is 0 Å². The molecule has 0 aliphatic heterocycles. The number of ether oxygens (including phenoxy) is 1. The number of benzene rings is 2. The molecule has 0 bridgehead atoms. The van der Waals surface area contributed by atoms with Crippen LogP contribution in [-0.4, -0.2) is 28.2 Å². The van der Waals surface area contributed by atoms with Crippen LogP contribution in [0.15, 0.2) is 48.5 Å². The summed E-state index contributed by atoms with van der Waals surface area (Å²) in [4.78, 5) is 43.6. The maximum absolute atomic E-state index is 11.9. The van der Waals surface area contributed by atoms with E-state index in [1.165, 1.54) is 12.1 Å². The Labute approximate surface area is 134 Å². The van der Waals surface area contributed by atoms with E-state index < -0.39 is 39.6 Å². The number of rotatable bonds is 6. The number of nitro groups is 2. The van der Waals surface area contributed by atoms with Gasteiger partial charge in [-0.25, -0.2) is 4.79 Å². The van der Waals surface area contributed by atoms with E-state index >= 15 is 0 Å². The van der Waals surface area contributed by atoms with Gasteiger partial charge in [0.05, 0.1) is 21.5 Å². The molecule has 0 spiro atoms. The number of nitro benzene ring substituents is 2. The molecule has 2 aromatic rings. The fourth-order valence-corrected chi connectivity index (χ4v) is 1.85. The van der Waals surface area contributed by atoms with Crippen molar-refractivity contribution in [2.75, 3.05) is 6.61 Å². The predicted molar refractivity (Wildman–Crippen MR) is 80.8 cm³/mol. The Hall–Kier alpha value is -3.62. The highest BCUT2D eigenvalue weighted by atomic mass is 16.6. The molecule has 0 radical (unpaired) electrons. The smallest absolute Gasteiger partial charge is 0.339 e. The normalized spacial score (nSPS) is 10.0. The molecule has 0 aliphatic carbocycles. The molecule has 0 amide bonds. The van der Waals surface area contributed by atoms with E-state index in [1.807, 2.05) is 0 Å². The number of nitrogens with zero attached hydrogens (tertiary/aromatic N) is 2. The summed E-state index contributed by atoms with van der Waals surface area (Å²) in [5, 5.41) is 21.6. The lowest BCUT2D eigenvalue weighted by atomic mass is 10.1. The van der Waals surface area contributed by atoms with E-state index in [0.29, 0.717) is 5.56 Å². The van der Waals surface area contributed by atoms with Gasteiger partial charge in [0.2, 0.25) is 0 Å². The molecule has 0 fully saturated rings. The highest BCUT2D eigenvalue weighted by molar-refractivity contribution is 5.99. The maximum Gasteiger partial charge on any atom is 0.339 e. The van der Waals surface area contributed by atoms with Gasteiger partial charge in [0.1, 0.15) is 0 Å². The lowest BCUT2D eigenvalue weighted by Gasteiger charge is -2.04. The topological polar surface area (TPSA) is 130 Å². The van der Waals surface area contributed by atoms with Gasteiger partial charge in [-0.3, -0.25) is 25.0 Å². The van der Waals surface area contributed by atoms with Crippen LogP contribution in [0.1, 0.15) is 20.7 Å². The Morgan fingerprint density at radius 3 is 1.92 bits per heavy atom. The van der Waals surface area contributed by atoms with Crippen LogP contribution in [0.3, 0.4) is 0 Å². The van der Waals surface area contributed by atoms with Gasteiger partial charge in [-0.1, -0.05) is 30.3 Å². The minimum absolute atomic E-state index is 0.329. The van der Waals surface area contributed by atoms with Gasteiger partial charge in [-0.2, -0.15) is 0 Å². The first-order chi connectivity index (χ1) is 11.4. The molecule has 0 aromatic heterocycles. The molecular formula is C15H10N2O7. The van der Waals surface area contributed by atoms with Crippen LogP contribution < -0.4 is 0 Å². The molecule has 24 heavy (non-hydrogen) atoms. The molecule has 9 nitrogen and oxygen atoms in total. The SMILES string of the molecule is O=C(COC(=O)c1cc([N+](=O)[O-])cc([N+](=O)[O-])c1)c1ccccc1. The van der Waals surface area contributed by atoms with Gasteiger partial charge in [0.15, 0.2) is 12.4 Å².